The van der Waals surface area contributed by atoms with Crippen molar-refractivity contribution in [3.05, 3.63) is 60.8 Å². The number of nitrogens with zero attached hydrogens (tertiary/aromatic N) is 1. The zero-order valence-corrected chi connectivity index (χ0v) is 63.8. The fourth-order valence-corrected chi connectivity index (χ4v) is 12.4. The number of esters is 2. The summed E-state index contributed by atoms with van der Waals surface area (Å²) < 4.78 is 23.1. The van der Waals surface area contributed by atoms with E-state index < -0.39 is 18.4 Å². The van der Waals surface area contributed by atoms with Gasteiger partial charge in [-0.25, -0.2) is 4.79 Å². The van der Waals surface area contributed by atoms with E-state index in [4.69, 9.17) is 18.9 Å². The lowest BCUT2D eigenvalue weighted by Gasteiger charge is -2.25. The molecule has 0 fully saturated rings. The van der Waals surface area contributed by atoms with Crippen LogP contribution in [0, 0.1) is 0 Å². The van der Waals surface area contributed by atoms with Crippen LogP contribution in [0.2, 0.25) is 0 Å². The number of carbonyl (C=O) groups is 3. The monoisotopic (exact) mass is 1340 g/mol. The second-order valence-corrected chi connectivity index (χ2v) is 29.4. The Kier molecular flexibility index (Phi) is 74.3. The van der Waals surface area contributed by atoms with E-state index in [9.17, 15) is 19.5 Å². The van der Waals surface area contributed by atoms with Gasteiger partial charge < -0.3 is 28.5 Å². The molecule has 95 heavy (non-hydrogen) atoms. The Morgan fingerprint density at radius 2 is 0.568 bits per heavy atom. The van der Waals surface area contributed by atoms with E-state index in [0.717, 1.165) is 57.8 Å². The fourth-order valence-electron chi connectivity index (χ4n) is 12.4. The lowest BCUT2D eigenvalue weighted by Crippen LogP contribution is -2.40. The van der Waals surface area contributed by atoms with Crippen molar-refractivity contribution in [3.8, 4) is 0 Å². The molecule has 0 aliphatic heterocycles. The molecule has 2 unspecified atom stereocenters. The summed E-state index contributed by atoms with van der Waals surface area (Å²) in [4.78, 5) is 37.8. The number of quaternary nitrogens is 1. The van der Waals surface area contributed by atoms with Crippen molar-refractivity contribution in [3.63, 3.8) is 0 Å². The Balaban J connectivity index is 3.95. The minimum absolute atomic E-state index is 0.177. The van der Waals surface area contributed by atoms with Gasteiger partial charge in [-0.05, 0) is 83.5 Å². The van der Waals surface area contributed by atoms with Crippen LogP contribution in [0.4, 0.5) is 0 Å². The topological polar surface area (TPSA) is 108 Å². The summed E-state index contributed by atoms with van der Waals surface area (Å²) >= 11 is 0. The summed E-state index contributed by atoms with van der Waals surface area (Å²) in [5.74, 6) is -1.98. The number of carboxylic acids is 1. The second-order valence-electron chi connectivity index (χ2n) is 29.4. The van der Waals surface area contributed by atoms with Gasteiger partial charge in [0.15, 0.2) is 6.10 Å². The number of carbonyl (C=O) groups excluding carboxylic acids is 2. The molecular formula is C86H160NO8+. The molecule has 9 heteroatoms. The molecule has 0 saturated carbocycles. The molecule has 0 heterocycles. The Hall–Kier alpha value is -3.01. The maximum Gasteiger partial charge on any atom is 0.361 e. The van der Waals surface area contributed by atoms with E-state index >= 15 is 0 Å². The number of carboxylic acid groups (broad SMARTS) is 1. The van der Waals surface area contributed by atoms with Crippen molar-refractivity contribution in [2.75, 3.05) is 47.5 Å². The number of unbranched alkanes of at least 4 members (excludes halogenated alkanes) is 53. The first-order chi connectivity index (χ1) is 46.6. The Morgan fingerprint density at radius 1 is 0.316 bits per heavy atom. The third kappa shape index (κ3) is 78.2. The minimum atomic E-state index is -1.51. The van der Waals surface area contributed by atoms with Crippen LogP contribution in [0.5, 0.6) is 0 Å². The van der Waals surface area contributed by atoms with Crippen LogP contribution in [0.25, 0.3) is 0 Å². The average molecular weight is 1340 g/mol. The van der Waals surface area contributed by atoms with Crippen LogP contribution in [0.15, 0.2) is 60.8 Å². The average Bonchev–Trinajstić information content (AvgIpc) is 3.24. The summed E-state index contributed by atoms with van der Waals surface area (Å²) in [6.07, 6.45) is 99.6. The van der Waals surface area contributed by atoms with Gasteiger partial charge in [0.2, 0.25) is 0 Å². The number of aliphatic carboxylic acids is 1. The van der Waals surface area contributed by atoms with Gasteiger partial charge in [0.1, 0.15) is 13.2 Å². The van der Waals surface area contributed by atoms with Crippen molar-refractivity contribution in [2.24, 2.45) is 0 Å². The molecule has 0 aliphatic carbocycles. The van der Waals surface area contributed by atoms with Gasteiger partial charge in [-0.1, -0.05) is 376 Å². The minimum Gasteiger partial charge on any atom is -0.477 e. The largest absolute Gasteiger partial charge is 0.477 e. The lowest BCUT2D eigenvalue weighted by molar-refractivity contribution is -0.870. The SMILES string of the molecule is CCCCCCC/C=C\C/C=C\C/C=C\CCCCCCCCCCCCCCCCCCC(=O)OC(COC(=O)CCCCCCCCCCCCCCCCCCCCCCCCCCCCC/C=C\C/C=C\CCCCCCC)COC(OCC[N+](C)(C)C)C(=O)O. The molecule has 0 aromatic carbocycles. The molecular weight excluding hydrogens is 1170 g/mol. The van der Waals surface area contributed by atoms with E-state index in [-0.39, 0.29) is 38.2 Å². The molecule has 9 nitrogen and oxygen atoms in total. The van der Waals surface area contributed by atoms with Gasteiger partial charge in [0.05, 0.1) is 34.4 Å². The first-order valence-electron chi connectivity index (χ1n) is 41.5. The number of hydrogen-bond acceptors (Lipinski definition) is 7. The second kappa shape index (κ2) is 76.7. The van der Waals surface area contributed by atoms with Crippen molar-refractivity contribution >= 4 is 17.9 Å². The highest BCUT2D eigenvalue weighted by Gasteiger charge is 2.25. The lowest BCUT2D eigenvalue weighted by atomic mass is 10.0. The van der Waals surface area contributed by atoms with E-state index in [1.54, 1.807) is 0 Å². The Morgan fingerprint density at radius 3 is 0.842 bits per heavy atom. The number of likely N-dealkylation sites (N-methyl/N-ethyl adjacent to an activating group) is 1. The van der Waals surface area contributed by atoms with Gasteiger partial charge in [-0.2, -0.15) is 0 Å². The van der Waals surface area contributed by atoms with Crippen molar-refractivity contribution < 1.29 is 42.9 Å². The quantitative estimate of drug-likeness (QED) is 0.0211. The fraction of sp³-hybridized carbons (Fsp3) is 0.849. The highest BCUT2D eigenvalue weighted by Crippen LogP contribution is 2.20. The molecule has 0 aliphatic rings. The summed E-state index contributed by atoms with van der Waals surface area (Å²) in [7, 11) is 6.00. The highest BCUT2D eigenvalue weighted by molar-refractivity contribution is 5.71. The maximum absolute atomic E-state index is 13.0. The first-order valence-corrected chi connectivity index (χ1v) is 41.5. The van der Waals surface area contributed by atoms with Gasteiger partial charge in [-0.3, -0.25) is 9.59 Å². The normalized spacial score (nSPS) is 12.9. The van der Waals surface area contributed by atoms with E-state index in [1.807, 2.05) is 21.1 Å². The summed E-state index contributed by atoms with van der Waals surface area (Å²) in [6, 6.07) is 0. The molecule has 2 atom stereocenters. The van der Waals surface area contributed by atoms with Crippen LogP contribution in [-0.4, -0.2) is 87.4 Å². The molecule has 0 radical (unpaired) electrons. The van der Waals surface area contributed by atoms with Gasteiger partial charge in [-0.15, -0.1) is 0 Å². The summed E-state index contributed by atoms with van der Waals surface area (Å²) in [5, 5.41) is 9.78. The molecule has 0 saturated heterocycles. The summed E-state index contributed by atoms with van der Waals surface area (Å²) in [6.45, 7) is 4.92. The van der Waals surface area contributed by atoms with Gasteiger partial charge in [0.25, 0.3) is 6.29 Å². The Labute approximate surface area is 590 Å². The van der Waals surface area contributed by atoms with Crippen LogP contribution in [0.3, 0.4) is 0 Å². The van der Waals surface area contributed by atoms with Crippen LogP contribution in [0.1, 0.15) is 412 Å². The van der Waals surface area contributed by atoms with Crippen molar-refractivity contribution in [1.82, 2.24) is 0 Å². The Bertz CT molecular complexity index is 1750. The predicted molar refractivity (Wildman–Crippen MR) is 410 cm³/mol. The van der Waals surface area contributed by atoms with Gasteiger partial charge >= 0.3 is 17.9 Å². The third-order valence-corrected chi connectivity index (χ3v) is 18.7. The number of hydrogen-bond donors (Lipinski definition) is 1. The third-order valence-electron chi connectivity index (χ3n) is 18.7. The maximum atomic E-state index is 13.0. The zero-order valence-electron chi connectivity index (χ0n) is 63.8. The molecule has 0 bridgehead atoms. The molecule has 0 aromatic heterocycles. The van der Waals surface area contributed by atoms with Crippen molar-refractivity contribution in [1.29, 1.82) is 0 Å². The molecule has 0 spiro atoms. The molecule has 1 N–H and O–H groups in total. The molecule has 556 valence electrons. The predicted octanol–water partition coefficient (Wildman–Crippen LogP) is 26.6. The van der Waals surface area contributed by atoms with Crippen LogP contribution in [-0.2, 0) is 33.3 Å². The first kappa shape index (κ1) is 92.0. The van der Waals surface area contributed by atoms with Crippen molar-refractivity contribution in [2.45, 2.75) is 424 Å². The smallest absolute Gasteiger partial charge is 0.361 e. The van der Waals surface area contributed by atoms with E-state index in [0.29, 0.717) is 17.4 Å². The van der Waals surface area contributed by atoms with Crippen LogP contribution < -0.4 is 0 Å². The van der Waals surface area contributed by atoms with E-state index in [2.05, 4.69) is 74.6 Å². The number of allylic oxidation sites excluding steroid dienone is 10. The van der Waals surface area contributed by atoms with E-state index in [1.165, 1.54) is 327 Å². The molecule has 0 rings (SSSR count). The zero-order chi connectivity index (χ0) is 69.0. The molecule has 0 aromatic rings. The number of ether oxygens (including phenoxy) is 4. The standard InChI is InChI=1S/C86H159NO8/c1-6-8-10-12-14-16-18-20-22-24-26-28-30-32-34-36-38-39-40-41-42-43-44-45-47-48-50-52-54-56-58-60-62-64-66-68-70-72-74-76-83(88)93-80-82(81-94-86(85(90)91)92-79-78-87(3,4)5)95-84(89)77-75-73-71-69-67-65-63-61-59-57-55-53-51-49-46-37-35-33-31-29-27-25-23-21-19-17-15-13-11-9-7-2/h18-21,24-27,31,33,82,86H,6-17,22-23,28-30,32,34-81H2,1-5H3/p+1/b20-18-,21-19-,26-24-,27-25-,33-31-. The number of rotatable bonds is 78. The summed E-state index contributed by atoms with van der Waals surface area (Å²) in [5.41, 5.74) is 0. The van der Waals surface area contributed by atoms with Gasteiger partial charge in [0, 0.05) is 12.8 Å². The highest BCUT2D eigenvalue weighted by atomic mass is 16.7. The molecule has 0 amide bonds. The van der Waals surface area contributed by atoms with Crippen LogP contribution >= 0.6 is 0 Å².